The zero-order valence-electron chi connectivity index (χ0n) is 14.6. The molecular weight excluding hydrogens is 310 g/mol. The number of rotatable bonds is 6. The second-order valence-electron chi connectivity index (χ2n) is 6.33. The third-order valence-corrected chi connectivity index (χ3v) is 4.35. The van der Waals surface area contributed by atoms with E-state index >= 15 is 0 Å². The first-order valence-corrected chi connectivity index (χ1v) is 8.61. The van der Waals surface area contributed by atoms with Crippen LogP contribution in [0.3, 0.4) is 0 Å². The van der Waals surface area contributed by atoms with E-state index in [1.54, 1.807) is 6.92 Å². The number of hydrogen-bond donors (Lipinski definition) is 1. The number of benzene rings is 3. The van der Waals surface area contributed by atoms with Crippen molar-refractivity contribution < 1.29 is 9.53 Å². The molecule has 0 aliphatic carbocycles. The first-order chi connectivity index (χ1) is 12.1. The van der Waals surface area contributed by atoms with Gasteiger partial charge in [0, 0.05) is 6.54 Å². The highest BCUT2D eigenvalue weighted by molar-refractivity contribution is 5.84. The van der Waals surface area contributed by atoms with Crippen molar-refractivity contribution in [2.75, 3.05) is 6.54 Å². The number of fused-ring (bicyclic) bond motifs is 1. The fraction of sp³-hybridized carbons (Fsp3) is 0.227. The molecule has 0 saturated carbocycles. The molecule has 0 saturated heterocycles. The van der Waals surface area contributed by atoms with Gasteiger partial charge in [-0.2, -0.15) is 0 Å². The monoisotopic (exact) mass is 333 g/mol. The Labute approximate surface area is 148 Å². The third-order valence-electron chi connectivity index (χ3n) is 4.35. The van der Waals surface area contributed by atoms with Crippen LogP contribution in [0, 0.1) is 0 Å². The molecule has 2 atom stereocenters. The zero-order chi connectivity index (χ0) is 17.6. The molecule has 0 aliphatic rings. The summed E-state index contributed by atoms with van der Waals surface area (Å²) in [5, 5.41) is 5.23. The molecular formula is C22H23NO2. The highest BCUT2D eigenvalue weighted by Crippen LogP contribution is 2.21. The van der Waals surface area contributed by atoms with E-state index in [-0.39, 0.29) is 11.8 Å². The van der Waals surface area contributed by atoms with Crippen LogP contribution in [0.2, 0.25) is 0 Å². The van der Waals surface area contributed by atoms with Crippen LogP contribution < -0.4 is 10.1 Å². The maximum atomic E-state index is 12.3. The number of hydrogen-bond acceptors (Lipinski definition) is 2. The quantitative estimate of drug-likeness (QED) is 0.720. The van der Waals surface area contributed by atoms with Gasteiger partial charge in [-0.1, -0.05) is 67.6 Å². The molecule has 0 heterocycles. The van der Waals surface area contributed by atoms with Crippen molar-refractivity contribution in [3.05, 3.63) is 78.4 Å². The molecule has 3 aromatic carbocycles. The first kappa shape index (κ1) is 17.0. The van der Waals surface area contributed by atoms with E-state index < -0.39 is 6.10 Å². The van der Waals surface area contributed by atoms with Crippen molar-refractivity contribution in [1.82, 2.24) is 5.32 Å². The van der Waals surface area contributed by atoms with Gasteiger partial charge in [0.1, 0.15) is 5.75 Å². The Morgan fingerprint density at radius 3 is 2.36 bits per heavy atom. The topological polar surface area (TPSA) is 38.3 Å². The summed E-state index contributed by atoms with van der Waals surface area (Å²) in [6.07, 6.45) is -0.538. The average molecular weight is 333 g/mol. The number of nitrogens with one attached hydrogen (secondary N) is 1. The van der Waals surface area contributed by atoms with Crippen molar-refractivity contribution in [3.63, 3.8) is 0 Å². The molecule has 1 amide bonds. The highest BCUT2D eigenvalue weighted by atomic mass is 16.5. The SMILES string of the molecule is C[C@H](Oc1ccc2ccccc2c1)C(=O)NC[C@H](C)c1ccccc1. The number of carbonyl (C=O) groups is 1. The van der Waals surface area contributed by atoms with Gasteiger partial charge in [-0.3, -0.25) is 4.79 Å². The largest absolute Gasteiger partial charge is 0.481 e. The van der Waals surface area contributed by atoms with Crippen LogP contribution in [-0.2, 0) is 4.79 Å². The lowest BCUT2D eigenvalue weighted by Crippen LogP contribution is -2.38. The van der Waals surface area contributed by atoms with Crippen molar-refractivity contribution in [1.29, 1.82) is 0 Å². The van der Waals surface area contributed by atoms with Gasteiger partial charge in [0.2, 0.25) is 0 Å². The third kappa shape index (κ3) is 4.38. The molecule has 128 valence electrons. The standard InChI is InChI=1S/C22H23NO2/c1-16(18-8-4-3-5-9-18)15-23-22(24)17(2)25-21-13-12-19-10-6-7-11-20(19)14-21/h3-14,16-17H,15H2,1-2H3,(H,23,24)/t16-,17-/m0/s1. The predicted molar refractivity (Wildman–Crippen MR) is 102 cm³/mol. The van der Waals surface area contributed by atoms with E-state index in [0.29, 0.717) is 12.3 Å². The van der Waals surface area contributed by atoms with Gasteiger partial charge in [-0.25, -0.2) is 0 Å². The van der Waals surface area contributed by atoms with Gasteiger partial charge in [-0.15, -0.1) is 0 Å². The molecule has 0 unspecified atom stereocenters. The van der Waals surface area contributed by atoms with Crippen molar-refractivity contribution in [3.8, 4) is 5.75 Å². The minimum atomic E-state index is -0.538. The molecule has 0 spiro atoms. The molecule has 1 N–H and O–H groups in total. The van der Waals surface area contributed by atoms with E-state index in [0.717, 1.165) is 10.8 Å². The zero-order valence-corrected chi connectivity index (χ0v) is 14.6. The van der Waals surface area contributed by atoms with Gasteiger partial charge >= 0.3 is 0 Å². The smallest absolute Gasteiger partial charge is 0.260 e. The molecule has 25 heavy (non-hydrogen) atoms. The summed E-state index contributed by atoms with van der Waals surface area (Å²) in [5.74, 6) is 0.867. The van der Waals surface area contributed by atoms with Crippen LogP contribution in [0.5, 0.6) is 5.75 Å². The van der Waals surface area contributed by atoms with Crippen molar-refractivity contribution >= 4 is 16.7 Å². The summed E-state index contributed by atoms with van der Waals surface area (Å²) < 4.78 is 5.81. The lowest BCUT2D eigenvalue weighted by atomic mass is 10.0. The maximum Gasteiger partial charge on any atom is 0.260 e. The Balaban J connectivity index is 1.56. The maximum absolute atomic E-state index is 12.3. The van der Waals surface area contributed by atoms with Crippen molar-refractivity contribution in [2.24, 2.45) is 0 Å². The Morgan fingerprint density at radius 2 is 1.60 bits per heavy atom. The summed E-state index contributed by atoms with van der Waals surface area (Å²) in [5.41, 5.74) is 1.21. The van der Waals surface area contributed by atoms with Gasteiger partial charge in [0.05, 0.1) is 0 Å². The number of ether oxygens (including phenoxy) is 1. The summed E-state index contributed by atoms with van der Waals surface area (Å²) in [6.45, 7) is 4.47. The first-order valence-electron chi connectivity index (χ1n) is 8.61. The van der Waals surface area contributed by atoms with Crippen LogP contribution in [0.4, 0.5) is 0 Å². The van der Waals surface area contributed by atoms with Crippen LogP contribution in [0.25, 0.3) is 10.8 Å². The minimum absolute atomic E-state index is 0.101. The summed E-state index contributed by atoms with van der Waals surface area (Å²) in [6, 6.07) is 24.1. The van der Waals surface area contributed by atoms with Crippen LogP contribution in [0.1, 0.15) is 25.3 Å². The molecule has 3 nitrogen and oxygen atoms in total. The number of carbonyl (C=O) groups excluding carboxylic acids is 1. The Kier molecular flexibility index (Phi) is 5.34. The summed E-state index contributed by atoms with van der Waals surface area (Å²) in [7, 11) is 0. The lowest BCUT2D eigenvalue weighted by molar-refractivity contribution is -0.127. The van der Waals surface area contributed by atoms with E-state index in [1.807, 2.05) is 54.6 Å². The molecule has 3 aromatic rings. The van der Waals surface area contributed by atoms with E-state index in [1.165, 1.54) is 5.56 Å². The summed E-state index contributed by atoms with van der Waals surface area (Å²) in [4.78, 5) is 12.3. The van der Waals surface area contributed by atoms with E-state index in [2.05, 4.69) is 30.4 Å². The van der Waals surface area contributed by atoms with E-state index in [9.17, 15) is 4.79 Å². The highest BCUT2D eigenvalue weighted by Gasteiger charge is 2.16. The van der Waals surface area contributed by atoms with Gasteiger partial charge < -0.3 is 10.1 Å². The Bertz CT molecular complexity index is 845. The van der Waals surface area contributed by atoms with Gasteiger partial charge in [0.25, 0.3) is 5.91 Å². The van der Waals surface area contributed by atoms with Gasteiger partial charge in [0.15, 0.2) is 6.10 Å². The fourth-order valence-corrected chi connectivity index (χ4v) is 2.80. The minimum Gasteiger partial charge on any atom is -0.481 e. The van der Waals surface area contributed by atoms with Crippen molar-refractivity contribution in [2.45, 2.75) is 25.9 Å². The molecule has 3 heteroatoms. The molecule has 0 fully saturated rings. The molecule has 0 aromatic heterocycles. The fourth-order valence-electron chi connectivity index (χ4n) is 2.80. The Hall–Kier alpha value is -2.81. The normalized spacial score (nSPS) is 13.2. The molecule has 0 bridgehead atoms. The molecule has 0 radical (unpaired) electrons. The van der Waals surface area contributed by atoms with Crippen LogP contribution in [-0.4, -0.2) is 18.6 Å². The molecule has 3 rings (SSSR count). The Morgan fingerprint density at radius 1 is 0.920 bits per heavy atom. The predicted octanol–water partition coefficient (Wildman–Crippen LogP) is 4.53. The van der Waals surface area contributed by atoms with Gasteiger partial charge in [-0.05, 0) is 41.3 Å². The number of amides is 1. The van der Waals surface area contributed by atoms with Crippen LogP contribution >= 0.6 is 0 Å². The second kappa shape index (κ2) is 7.84. The average Bonchev–Trinajstić information content (AvgIpc) is 2.66. The van der Waals surface area contributed by atoms with Crippen LogP contribution in [0.15, 0.2) is 72.8 Å². The lowest BCUT2D eigenvalue weighted by Gasteiger charge is -2.17. The molecule has 0 aliphatic heterocycles. The van der Waals surface area contributed by atoms with E-state index in [4.69, 9.17) is 4.74 Å². The second-order valence-corrected chi connectivity index (χ2v) is 6.33. The summed E-state index contributed by atoms with van der Waals surface area (Å²) >= 11 is 0.